The zero-order valence-corrected chi connectivity index (χ0v) is 14.2. The van der Waals surface area contributed by atoms with Crippen LogP contribution in [0.2, 0.25) is 0 Å². The standard InChI is InChI=1S/C15H32N4O2/c1-12-11-18(5)7-6-8-19(12)13(9-16)10-17-14(20)21-15(2,3)4/h12-13H,6-11,16H2,1-5H3,(H,17,20). The molecule has 3 N–H and O–H groups in total. The Labute approximate surface area is 129 Å². The van der Waals surface area contributed by atoms with Crippen molar-refractivity contribution in [3.8, 4) is 0 Å². The predicted octanol–water partition coefficient (Wildman–Crippen LogP) is 0.864. The van der Waals surface area contributed by atoms with Crippen molar-refractivity contribution in [2.24, 2.45) is 5.73 Å². The first-order valence-corrected chi connectivity index (χ1v) is 7.84. The number of nitrogens with one attached hydrogen (secondary N) is 1. The van der Waals surface area contributed by atoms with Crippen LogP contribution in [0.3, 0.4) is 0 Å². The number of carbonyl (C=O) groups excluding carboxylic acids is 1. The Bertz CT molecular complexity index is 330. The van der Waals surface area contributed by atoms with Crippen molar-refractivity contribution in [3.05, 3.63) is 0 Å². The molecule has 0 aromatic rings. The van der Waals surface area contributed by atoms with Gasteiger partial charge in [0.15, 0.2) is 0 Å². The molecule has 0 radical (unpaired) electrons. The predicted molar refractivity (Wildman–Crippen MR) is 85.4 cm³/mol. The first kappa shape index (κ1) is 18.2. The molecule has 124 valence electrons. The van der Waals surface area contributed by atoms with Gasteiger partial charge in [-0.05, 0) is 47.7 Å². The molecule has 2 atom stereocenters. The van der Waals surface area contributed by atoms with Crippen LogP contribution in [-0.2, 0) is 4.74 Å². The van der Waals surface area contributed by atoms with Crippen LogP contribution in [0.5, 0.6) is 0 Å². The molecule has 0 saturated carbocycles. The average molecular weight is 300 g/mol. The summed E-state index contributed by atoms with van der Waals surface area (Å²) in [6, 6.07) is 0.588. The minimum absolute atomic E-state index is 0.152. The molecule has 1 saturated heterocycles. The summed E-state index contributed by atoms with van der Waals surface area (Å²) in [6.07, 6.45) is 0.754. The molecule has 1 aliphatic heterocycles. The van der Waals surface area contributed by atoms with Gasteiger partial charge in [0.25, 0.3) is 0 Å². The topological polar surface area (TPSA) is 70.8 Å². The highest BCUT2D eigenvalue weighted by molar-refractivity contribution is 5.67. The lowest BCUT2D eigenvalue weighted by Gasteiger charge is -2.35. The van der Waals surface area contributed by atoms with Crippen molar-refractivity contribution in [2.75, 3.05) is 39.8 Å². The van der Waals surface area contributed by atoms with Crippen LogP contribution in [0, 0.1) is 0 Å². The molecular formula is C15H32N4O2. The van der Waals surface area contributed by atoms with Crippen molar-refractivity contribution in [3.63, 3.8) is 0 Å². The van der Waals surface area contributed by atoms with Crippen molar-refractivity contribution in [1.29, 1.82) is 0 Å². The van der Waals surface area contributed by atoms with E-state index in [0.717, 1.165) is 26.1 Å². The van der Waals surface area contributed by atoms with Crippen molar-refractivity contribution in [1.82, 2.24) is 15.1 Å². The Morgan fingerprint density at radius 3 is 2.67 bits per heavy atom. The van der Waals surface area contributed by atoms with Crippen molar-refractivity contribution >= 4 is 6.09 Å². The summed E-state index contributed by atoms with van der Waals surface area (Å²) in [7, 11) is 2.15. The van der Waals surface area contributed by atoms with Crippen LogP contribution in [0.15, 0.2) is 0 Å². The quantitative estimate of drug-likeness (QED) is 0.806. The number of likely N-dealkylation sites (N-methyl/N-ethyl adjacent to an activating group) is 1. The molecule has 1 fully saturated rings. The summed E-state index contributed by atoms with van der Waals surface area (Å²) in [5.74, 6) is 0. The maximum Gasteiger partial charge on any atom is 0.407 e. The van der Waals surface area contributed by atoms with E-state index in [1.807, 2.05) is 20.8 Å². The first-order valence-electron chi connectivity index (χ1n) is 7.84. The number of nitrogens with two attached hydrogens (primary N) is 1. The maximum atomic E-state index is 11.8. The highest BCUT2D eigenvalue weighted by Crippen LogP contribution is 2.12. The normalized spacial score (nSPS) is 23.4. The number of hydrogen-bond donors (Lipinski definition) is 2. The van der Waals surface area contributed by atoms with Gasteiger partial charge in [-0.25, -0.2) is 4.79 Å². The summed E-state index contributed by atoms with van der Waals surface area (Å²) in [4.78, 5) is 16.5. The summed E-state index contributed by atoms with van der Waals surface area (Å²) in [5.41, 5.74) is 5.45. The Hall–Kier alpha value is -0.850. The number of alkyl carbamates (subject to hydrolysis) is 1. The van der Waals surface area contributed by atoms with Crippen molar-refractivity contribution in [2.45, 2.75) is 51.8 Å². The van der Waals surface area contributed by atoms with E-state index in [2.05, 4.69) is 29.1 Å². The van der Waals surface area contributed by atoms with Gasteiger partial charge in [0, 0.05) is 38.3 Å². The van der Waals surface area contributed by atoms with Crippen LogP contribution >= 0.6 is 0 Å². The average Bonchev–Trinajstić information content (AvgIpc) is 2.49. The molecule has 0 aliphatic carbocycles. The smallest absolute Gasteiger partial charge is 0.407 e. The minimum atomic E-state index is -0.471. The molecule has 2 unspecified atom stereocenters. The zero-order chi connectivity index (χ0) is 16.0. The van der Waals surface area contributed by atoms with E-state index in [1.54, 1.807) is 0 Å². The number of ether oxygens (including phenoxy) is 1. The molecule has 0 aromatic carbocycles. The van der Waals surface area contributed by atoms with E-state index >= 15 is 0 Å². The van der Waals surface area contributed by atoms with Gasteiger partial charge >= 0.3 is 6.09 Å². The first-order chi connectivity index (χ1) is 9.73. The third kappa shape index (κ3) is 6.63. The van der Waals surface area contributed by atoms with E-state index in [9.17, 15) is 4.79 Å². The molecule has 6 heteroatoms. The lowest BCUT2D eigenvalue weighted by Crippen LogP contribution is -2.53. The number of carbonyl (C=O) groups is 1. The second-order valence-electron chi connectivity index (χ2n) is 6.97. The third-order valence-corrected chi connectivity index (χ3v) is 3.72. The highest BCUT2D eigenvalue weighted by Gasteiger charge is 2.26. The Morgan fingerprint density at radius 1 is 1.43 bits per heavy atom. The van der Waals surface area contributed by atoms with Gasteiger partial charge in [-0.15, -0.1) is 0 Å². The maximum absolute atomic E-state index is 11.8. The fraction of sp³-hybridized carbons (Fsp3) is 0.933. The van der Waals surface area contributed by atoms with Gasteiger partial charge in [-0.3, -0.25) is 4.90 Å². The molecule has 1 heterocycles. The molecule has 1 rings (SSSR count). The molecule has 0 aromatic heterocycles. The summed E-state index contributed by atoms with van der Waals surface area (Å²) in [5, 5.41) is 2.84. The zero-order valence-electron chi connectivity index (χ0n) is 14.2. The van der Waals surface area contributed by atoms with E-state index < -0.39 is 5.60 Å². The number of rotatable bonds is 4. The van der Waals surface area contributed by atoms with Gasteiger partial charge in [0.2, 0.25) is 0 Å². The number of nitrogens with zero attached hydrogens (tertiary/aromatic N) is 2. The van der Waals surface area contributed by atoms with Crippen LogP contribution in [0.1, 0.15) is 34.1 Å². The fourth-order valence-electron chi connectivity index (χ4n) is 2.78. The Morgan fingerprint density at radius 2 is 2.10 bits per heavy atom. The SMILES string of the molecule is CC1CN(C)CCCN1C(CN)CNC(=O)OC(C)(C)C. The van der Waals surface area contributed by atoms with Crippen LogP contribution < -0.4 is 11.1 Å². The van der Waals surface area contributed by atoms with Crippen molar-refractivity contribution < 1.29 is 9.53 Å². The van der Waals surface area contributed by atoms with E-state index in [0.29, 0.717) is 19.1 Å². The second-order valence-corrected chi connectivity index (χ2v) is 6.97. The van der Waals surface area contributed by atoms with Gasteiger partial charge in [0.1, 0.15) is 5.60 Å². The molecule has 1 amide bonds. The molecule has 0 spiro atoms. The van der Waals surface area contributed by atoms with Crippen LogP contribution in [0.4, 0.5) is 4.79 Å². The van der Waals surface area contributed by atoms with E-state index in [-0.39, 0.29) is 12.1 Å². The number of amides is 1. The summed E-state index contributed by atoms with van der Waals surface area (Å²) in [6.45, 7) is 12.0. The fourth-order valence-corrected chi connectivity index (χ4v) is 2.78. The Balaban J connectivity index is 2.52. The molecule has 0 bridgehead atoms. The van der Waals surface area contributed by atoms with Gasteiger partial charge in [0.05, 0.1) is 0 Å². The van der Waals surface area contributed by atoms with Crippen LogP contribution in [0.25, 0.3) is 0 Å². The Kier molecular flexibility index (Phi) is 6.90. The van der Waals surface area contributed by atoms with E-state index in [4.69, 9.17) is 10.5 Å². The lowest BCUT2D eigenvalue weighted by atomic mass is 10.1. The minimum Gasteiger partial charge on any atom is -0.444 e. The molecule has 6 nitrogen and oxygen atoms in total. The largest absolute Gasteiger partial charge is 0.444 e. The highest BCUT2D eigenvalue weighted by atomic mass is 16.6. The lowest BCUT2D eigenvalue weighted by molar-refractivity contribution is 0.0498. The second kappa shape index (κ2) is 7.96. The molecule has 1 aliphatic rings. The van der Waals surface area contributed by atoms with Crippen LogP contribution in [-0.4, -0.2) is 73.3 Å². The van der Waals surface area contributed by atoms with Gasteiger partial charge in [-0.2, -0.15) is 0 Å². The van der Waals surface area contributed by atoms with E-state index in [1.165, 1.54) is 0 Å². The summed E-state index contributed by atoms with van der Waals surface area (Å²) < 4.78 is 5.27. The summed E-state index contributed by atoms with van der Waals surface area (Å²) >= 11 is 0. The third-order valence-electron chi connectivity index (χ3n) is 3.72. The van der Waals surface area contributed by atoms with Gasteiger partial charge in [-0.1, -0.05) is 0 Å². The van der Waals surface area contributed by atoms with Gasteiger partial charge < -0.3 is 20.7 Å². The molecule has 21 heavy (non-hydrogen) atoms. The number of hydrogen-bond acceptors (Lipinski definition) is 5. The monoisotopic (exact) mass is 300 g/mol. The molecular weight excluding hydrogens is 268 g/mol.